The molecule has 0 spiro atoms. The number of halogens is 1. The lowest BCUT2D eigenvalue weighted by Crippen LogP contribution is -2.34. The summed E-state index contributed by atoms with van der Waals surface area (Å²) >= 11 is 0. The molecule has 5 nitrogen and oxygen atoms in total. The summed E-state index contributed by atoms with van der Waals surface area (Å²) in [5.74, 6) is 0.200. The van der Waals surface area contributed by atoms with Crippen LogP contribution in [0.15, 0.2) is 35.1 Å². The molecule has 2 heterocycles. The van der Waals surface area contributed by atoms with Gasteiger partial charge in [-0.3, -0.25) is 4.79 Å². The standard InChI is InChI=1S/C14H16FN3O2/c1-9(6-11-4-3-5-20-11)18-14(19)12-7-10(15)8-17-13(12)16-2/h3-5,7-9H,6H2,1-2H3,(H,16,17)(H,18,19). The first-order valence-electron chi connectivity index (χ1n) is 6.26. The largest absolute Gasteiger partial charge is 0.469 e. The number of pyridine rings is 1. The second-order valence-electron chi connectivity index (χ2n) is 4.46. The van der Waals surface area contributed by atoms with E-state index in [0.29, 0.717) is 12.2 Å². The highest BCUT2D eigenvalue weighted by molar-refractivity contribution is 5.98. The van der Waals surface area contributed by atoms with Crippen molar-refractivity contribution in [3.8, 4) is 0 Å². The lowest BCUT2D eigenvalue weighted by atomic mass is 10.1. The van der Waals surface area contributed by atoms with Crippen molar-refractivity contribution >= 4 is 11.7 Å². The number of furan rings is 1. The van der Waals surface area contributed by atoms with Gasteiger partial charge in [-0.15, -0.1) is 0 Å². The van der Waals surface area contributed by atoms with E-state index in [-0.39, 0.29) is 17.5 Å². The molecule has 0 radical (unpaired) electrons. The van der Waals surface area contributed by atoms with Crippen molar-refractivity contribution in [1.82, 2.24) is 10.3 Å². The Hall–Kier alpha value is -2.37. The van der Waals surface area contributed by atoms with Crippen molar-refractivity contribution in [2.45, 2.75) is 19.4 Å². The Morgan fingerprint density at radius 2 is 2.35 bits per heavy atom. The summed E-state index contributed by atoms with van der Waals surface area (Å²) in [6.45, 7) is 1.85. The lowest BCUT2D eigenvalue weighted by molar-refractivity contribution is 0.0939. The molecule has 2 rings (SSSR count). The van der Waals surface area contributed by atoms with Gasteiger partial charge in [-0.2, -0.15) is 0 Å². The van der Waals surface area contributed by atoms with E-state index in [1.165, 1.54) is 0 Å². The maximum atomic E-state index is 13.2. The van der Waals surface area contributed by atoms with Gasteiger partial charge in [0.2, 0.25) is 0 Å². The van der Waals surface area contributed by atoms with Gasteiger partial charge in [0.25, 0.3) is 5.91 Å². The van der Waals surface area contributed by atoms with Crippen LogP contribution in [0.25, 0.3) is 0 Å². The van der Waals surface area contributed by atoms with Crippen LogP contribution in [0.1, 0.15) is 23.0 Å². The number of carbonyl (C=O) groups excluding carboxylic acids is 1. The predicted octanol–water partition coefficient (Wildman–Crippen LogP) is 2.22. The van der Waals surface area contributed by atoms with E-state index in [9.17, 15) is 9.18 Å². The third-order valence-corrected chi connectivity index (χ3v) is 2.80. The zero-order chi connectivity index (χ0) is 14.5. The maximum absolute atomic E-state index is 13.2. The number of hydrogen-bond acceptors (Lipinski definition) is 4. The number of amides is 1. The molecule has 0 fully saturated rings. The number of nitrogens with one attached hydrogen (secondary N) is 2. The number of rotatable bonds is 5. The average molecular weight is 277 g/mol. The molecule has 2 aromatic heterocycles. The molecule has 20 heavy (non-hydrogen) atoms. The van der Waals surface area contributed by atoms with Gasteiger partial charge < -0.3 is 15.1 Å². The summed E-state index contributed by atoms with van der Waals surface area (Å²) < 4.78 is 18.4. The van der Waals surface area contributed by atoms with Crippen LogP contribution in [0.5, 0.6) is 0 Å². The number of carbonyl (C=O) groups is 1. The van der Waals surface area contributed by atoms with Crippen molar-refractivity contribution in [2.24, 2.45) is 0 Å². The molecule has 2 N–H and O–H groups in total. The summed E-state index contributed by atoms with van der Waals surface area (Å²) in [7, 11) is 1.63. The van der Waals surface area contributed by atoms with Gasteiger partial charge in [0.1, 0.15) is 17.4 Å². The molecule has 0 saturated heterocycles. The fourth-order valence-electron chi connectivity index (χ4n) is 1.89. The van der Waals surface area contributed by atoms with Crippen LogP contribution in [0.3, 0.4) is 0 Å². The van der Waals surface area contributed by atoms with E-state index in [1.807, 2.05) is 13.0 Å². The molecule has 0 aliphatic heterocycles. The highest BCUT2D eigenvalue weighted by atomic mass is 19.1. The van der Waals surface area contributed by atoms with Gasteiger partial charge in [-0.25, -0.2) is 9.37 Å². The molecular weight excluding hydrogens is 261 g/mol. The fourth-order valence-corrected chi connectivity index (χ4v) is 1.89. The van der Waals surface area contributed by atoms with Crippen LogP contribution in [0.2, 0.25) is 0 Å². The van der Waals surface area contributed by atoms with Crippen LogP contribution in [-0.2, 0) is 6.42 Å². The lowest BCUT2D eigenvalue weighted by Gasteiger charge is -2.14. The minimum absolute atomic E-state index is 0.137. The molecule has 1 unspecified atom stereocenters. The van der Waals surface area contributed by atoms with Crippen LogP contribution in [0, 0.1) is 5.82 Å². The van der Waals surface area contributed by atoms with Crippen LogP contribution in [0.4, 0.5) is 10.2 Å². The molecule has 1 atom stereocenters. The SMILES string of the molecule is CNc1ncc(F)cc1C(=O)NC(C)Cc1ccco1. The molecule has 0 aliphatic carbocycles. The first-order valence-corrected chi connectivity index (χ1v) is 6.26. The first-order chi connectivity index (χ1) is 9.60. The summed E-state index contributed by atoms with van der Waals surface area (Å²) in [6.07, 6.45) is 3.21. The summed E-state index contributed by atoms with van der Waals surface area (Å²) in [4.78, 5) is 16.0. The second-order valence-corrected chi connectivity index (χ2v) is 4.46. The first kappa shape index (κ1) is 14.0. The summed E-state index contributed by atoms with van der Waals surface area (Å²) in [5.41, 5.74) is 0.179. The third kappa shape index (κ3) is 3.34. The number of nitrogens with zero attached hydrogens (tertiary/aromatic N) is 1. The van der Waals surface area contributed by atoms with Crippen LogP contribution in [-0.4, -0.2) is 24.0 Å². The predicted molar refractivity (Wildman–Crippen MR) is 73.1 cm³/mol. The highest BCUT2D eigenvalue weighted by Gasteiger charge is 2.16. The smallest absolute Gasteiger partial charge is 0.255 e. The molecular formula is C14H16FN3O2. The molecule has 0 aromatic carbocycles. The third-order valence-electron chi connectivity index (χ3n) is 2.80. The van der Waals surface area contributed by atoms with E-state index >= 15 is 0 Å². The van der Waals surface area contributed by atoms with Gasteiger partial charge in [0.05, 0.1) is 18.0 Å². The molecule has 106 valence electrons. The normalized spacial score (nSPS) is 11.9. The zero-order valence-corrected chi connectivity index (χ0v) is 11.3. The number of hydrogen-bond donors (Lipinski definition) is 2. The van der Waals surface area contributed by atoms with E-state index in [1.54, 1.807) is 19.4 Å². The maximum Gasteiger partial charge on any atom is 0.255 e. The minimum Gasteiger partial charge on any atom is -0.469 e. The van der Waals surface area contributed by atoms with Gasteiger partial charge in [-0.1, -0.05) is 0 Å². The van der Waals surface area contributed by atoms with Crippen molar-refractivity contribution in [3.63, 3.8) is 0 Å². The van der Waals surface area contributed by atoms with Gasteiger partial charge in [0.15, 0.2) is 0 Å². The Morgan fingerprint density at radius 3 is 3.00 bits per heavy atom. The monoisotopic (exact) mass is 277 g/mol. The van der Waals surface area contributed by atoms with Crippen LogP contribution < -0.4 is 10.6 Å². The van der Waals surface area contributed by atoms with E-state index in [0.717, 1.165) is 18.0 Å². The Morgan fingerprint density at radius 1 is 1.55 bits per heavy atom. The molecule has 0 saturated carbocycles. The molecule has 0 bridgehead atoms. The van der Waals surface area contributed by atoms with Crippen molar-refractivity contribution < 1.29 is 13.6 Å². The summed E-state index contributed by atoms with van der Waals surface area (Å²) in [6, 6.07) is 4.65. The van der Waals surface area contributed by atoms with E-state index in [2.05, 4.69) is 15.6 Å². The Bertz CT molecular complexity index is 584. The fraction of sp³-hybridized carbons (Fsp3) is 0.286. The Balaban J connectivity index is 2.06. The highest BCUT2D eigenvalue weighted by Crippen LogP contribution is 2.13. The minimum atomic E-state index is -0.548. The van der Waals surface area contributed by atoms with Gasteiger partial charge in [0, 0.05) is 19.5 Å². The van der Waals surface area contributed by atoms with Crippen molar-refractivity contribution in [3.05, 3.63) is 47.8 Å². The average Bonchev–Trinajstić information content (AvgIpc) is 2.91. The Labute approximate surface area is 116 Å². The van der Waals surface area contributed by atoms with E-state index < -0.39 is 5.82 Å². The van der Waals surface area contributed by atoms with Crippen molar-refractivity contribution in [1.29, 1.82) is 0 Å². The number of anilines is 1. The molecule has 1 amide bonds. The molecule has 2 aromatic rings. The van der Waals surface area contributed by atoms with E-state index in [4.69, 9.17) is 4.42 Å². The molecule has 6 heteroatoms. The van der Waals surface area contributed by atoms with Crippen LogP contribution >= 0.6 is 0 Å². The quantitative estimate of drug-likeness (QED) is 0.879. The molecule has 0 aliphatic rings. The topological polar surface area (TPSA) is 67.2 Å². The summed E-state index contributed by atoms with van der Waals surface area (Å²) in [5, 5.41) is 5.56. The number of aromatic nitrogens is 1. The van der Waals surface area contributed by atoms with Gasteiger partial charge >= 0.3 is 0 Å². The zero-order valence-electron chi connectivity index (χ0n) is 11.3. The Kier molecular flexibility index (Phi) is 4.34. The van der Waals surface area contributed by atoms with Crippen molar-refractivity contribution in [2.75, 3.05) is 12.4 Å². The van der Waals surface area contributed by atoms with Gasteiger partial charge in [-0.05, 0) is 25.1 Å². The second kappa shape index (κ2) is 6.18.